The molecule has 1 unspecified atom stereocenters. The van der Waals surface area contributed by atoms with Crippen molar-refractivity contribution < 1.29 is 4.74 Å². The van der Waals surface area contributed by atoms with E-state index in [2.05, 4.69) is 14.9 Å². The van der Waals surface area contributed by atoms with Gasteiger partial charge in [0.1, 0.15) is 11.6 Å². The molecule has 1 saturated heterocycles. The summed E-state index contributed by atoms with van der Waals surface area (Å²) in [6, 6.07) is 2.20. The lowest BCUT2D eigenvalue weighted by Crippen LogP contribution is -2.32. The van der Waals surface area contributed by atoms with Crippen molar-refractivity contribution in [3.8, 4) is 0 Å². The molecule has 1 aliphatic heterocycles. The van der Waals surface area contributed by atoms with E-state index in [1.165, 1.54) is 11.8 Å². The van der Waals surface area contributed by atoms with Gasteiger partial charge < -0.3 is 15.4 Å². The molecule has 0 radical (unpaired) electrons. The highest BCUT2D eigenvalue weighted by Gasteiger charge is 2.21. The molecular weight excluding hydrogens is 224 g/mol. The third-order valence-corrected chi connectivity index (χ3v) is 3.26. The molecule has 2 rings (SSSR count). The number of ether oxygens (including phenoxy) is 1. The van der Waals surface area contributed by atoms with Gasteiger partial charge in [-0.2, -0.15) is 0 Å². The molecular formula is C10H16N4OS. The lowest BCUT2D eigenvalue weighted by molar-refractivity contribution is 0.193. The molecule has 1 aliphatic rings. The smallest absolute Gasteiger partial charge is 0.191 e. The molecule has 88 valence electrons. The molecule has 1 aromatic heterocycles. The van der Waals surface area contributed by atoms with E-state index in [1.807, 2.05) is 13.3 Å². The third kappa shape index (κ3) is 2.38. The van der Waals surface area contributed by atoms with E-state index in [-0.39, 0.29) is 0 Å². The van der Waals surface area contributed by atoms with Crippen LogP contribution in [0.1, 0.15) is 6.42 Å². The second kappa shape index (κ2) is 4.88. The Morgan fingerprint density at radius 1 is 1.56 bits per heavy atom. The van der Waals surface area contributed by atoms with Gasteiger partial charge in [0.05, 0.1) is 12.6 Å². The molecule has 1 atom stereocenters. The van der Waals surface area contributed by atoms with Crippen LogP contribution in [0, 0.1) is 0 Å². The zero-order chi connectivity index (χ0) is 11.5. The largest absolute Gasteiger partial charge is 0.383 e. The predicted octanol–water partition coefficient (Wildman–Crippen LogP) is 1.01. The normalized spacial score (nSPS) is 20.0. The van der Waals surface area contributed by atoms with Crippen molar-refractivity contribution in [2.75, 3.05) is 37.2 Å². The summed E-state index contributed by atoms with van der Waals surface area (Å²) in [4.78, 5) is 10.7. The van der Waals surface area contributed by atoms with E-state index in [4.69, 9.17) is 10.5 Å². The van der Waals surface area contributed by atoms with Crippen molar-refractivity contribution in [3.05, 3.63) is 6.07 Å². The maximum atomic E-state index is 5.75. The summed E-state index contributed by atoms with van der Waals surface area (Å²) in [7, 11) is 2.02. The fourth-order valence-corrected chi connectivity index (χ4v) is 2.10. The highest BCUT2D eigenvalue weighted by atomic mass is 32.2. The Morgan fingerprint density at radius 3 is 3.00 bits per heavy atom. The van der Waals surface area contributed by atoms with E-state index in [0.717, 1.165) is 25.5 Å². The summed E-state index contributed by atoms with van der Waals surface area (Å²) in [5, 5.41) is 0.709. The summed E-state index contributed by atoms with van der Waals surface area (Å²) >= 11 is 1.50. The lowest BCUT2D eigenvalue weighted by atomic mass is 10.2. The maximum absolute atomic E-state index is 5.75. The van der Waals surface area contributed by atoms with E-state index >= 15 is 0 Å². The zero-order valence-corrected chi connectivity index (χ0v) is 10.3. The van der Waals surface area contributed by atoms with Gasteiger partial charge in [-0.1, -0.05) is 11.8 Å². The van der Waals surface area contributed by atoms with Gasteiger partial charge in [-0.25, -0.2) is 9.97 Å². The van der Waals surface area contributed by atoms with Crippen molar-refractivity contribution in [1.29, 1.82) is 0 Å². The van der Waals surface area contributed by atoms with Crippen molar-refractivity contribution in [1.82, 2.24) is 9.97 Å². The van der Waals surface area contributed by atoms with Crippen LogP contribution in [0.3, 0.4) is 0 Å². The Kier molecular flexibility index (Phi) is 3.50. The zero-order valence-electron chi connectivity index (χ0n) is 9.51. The van der Waals surface area contributed by atoms with E-state index in [0.29, 0.717) is 17.0 Å². The maximum Gasteiger partial charge on any atom is 0.191 e. The quantitative estimate of drug-likeness (QED) is 0.628. The molecule has 6 heteroatoms. The summed E-state index contributed by atoms with van der Waals surface area (Å²) < 4.78 is 5.36. The molecule has 0 bridgehead atoms. The van der Waals surface area contributed by atoms with Crippen molar-refractivity contribution in [2.24, 2.45) is 0 Å². The van der Waals surface area contributed by atoms with E-state index in [1.54, 1.807) is 6.07 Å². The number of nitrogens with two attached hydrogens (primary N) is 1. The van der Waals surface area contributed by atoms with Crippen LogP contribution in [-0.4, -0.2) is 42.5 Å². The fourth-order valence-electron chi connectivity index (χ4n) is 1.72. The first-order valence-electron chi connectivity index (χ1n) is 5.20. The van der Waals surface area contributed by atoms with E-state index in [9.17, 15) is 0 Å². The molecule has 0 saturated carbocycles. The molecule has 0 spiro atoms. The van der Waals surface area contributed by atoms with Gasteiger partial charge in [0, 0.05) is 19.7 Å². The Labute approximate surface area is 99.4 Å². The van der Waals surface area contributed by atoms with Crippen LogP contribution in [0.15, 0.2) is 11.2 Å². The number of hydrogen-bond acceptors (Lipinski definition) is 6. The minimum atomic E-state index is 0.393. The number of nitrogens with zero attached hydrogens (tertiary/aromatic N) is 3. The average molecular weight is 240 g/mol. The number of anilines is 2. The minimum absolute atomic E-state index is 0.393. The third-order valence-electron chi connectivity index (χ3n) is 2.71. The monoisotopic (exact) mass is 240 g/mol. The summed E-state index contributed by atoms with van der Waals surface area (Å²) in [5.74, 6) is 1.38. The average Bonchev–Trinajstić information content (AvgIpc) is 2.80. The fraction of sp³-hybridized carbons (Fsp3) is 0.600. The molecule has 1 fully saturated rings. The van der Waals surface area contributed by atoms with Gasteiger partial charge in [0.25, 0.3) is 0 Å². The molecule has 16 heavy (non-hydrogen) atoms. The van der Waals surface area contributed by atoms with Gasteiger partial charge in [-0.15, -0.1) is 0 Å². The van der Waals surface area contributed by atoms with Crippen LogP contribution < -0.4 is 10.6 Å². The van der Waals surface area contributed by atoms with Crippen LogP contribution in [-0.2, 0) is 4.74 Å². The number of rotatable bonds is 3. The molecule has 0 aromatic carbocycles. The SMILES string of the molecule is CSc1nc(N)cc(N(C)C2CCOC2)n1. The van der Waals surface area contributed by atoms with Crippen LogP contribution in [0.4, 0.5) is 11.6 Å². The standard InChI is InChI=1S/C10H16N4OS/c1-14(7-3-4-15-6-7)9-5-8(11)12-10(13-9)16-2/h5,7H,3-4,6H2,1-2H3,(H2,11,12,13). The Balaban J connectivity index is 2.21. The second-order valence-electron chi connectivity index (χ2n) is 3.77. The highest BCUT2D eigenvalue weighted by molar-refractivity contribution is 7.98. The number of hydrogen-bond donors (Lipinski definition) is 1. The first kappa shape index (κ1) is 11.5. The van der Waals surface area contributed by atoms with Gasteiger partial charge in [-0.3, -0.25) is 0 Å². The van der Waals surface area contributed by atoms with Crippen molar-refractivity contribution >= 4 is 23.4 Å². The Bertz CT molecular complexity index is 368. The Hall–Kier alpha value is -1.01. The first-order valence-corrected chi connectivity index (χ1v) is 6.42. The van der Waals surface area contributed by atoms with Crippen LogP contribution in [0.2, 0.25) is 0 Å². The minimum Gasteiger partial charge on any atom is -0.383 e. The van der Waals surface area contributed by atoms with Crippen LogP contribution in [0.5, 0.6) is 0 Å². The lowest BCUT2D eigenvalue weighted by Gasteiger charge is -2.24. The van der Waals surface area contributed by atoms with Gasteiger partial charge >= 0.3 is 0 Å². The summed E-state index contributed by atoms with van der Waals surface area (Å²) in [6.45, 7) is 1.58. The predicted molar refractivity (Wildman–Crippen MR) is 65.9 cm³/mol. The number of aromatic nitrogens is 2. The molecule has 5 nitrogen and oxygen atoms in total. The van der Waals surface area contributed by atoms with Gasteiger partial charge in [-0.05, 0) is 12.7 Å². The number of likely N-dealkylation sites (N-methyl/N-ethyl adjacent to an activating group) is 1. The molecule has 2 heterocycles. The Morgan fingerprint density at radius 2 is 2.38 bits per heavy atom. The van der Waals surface area contributed by atoms with Crippen molar-refractivity contribution in [2.45, 2.75) is 17.6 Å². The number of nitrogen functional groups attached to an aromatic ring is 1. The van der Waals surface area contributed by atoms with Crippen LogP contribution in [0.25, 0.3) is 0 Å². The summed E-state index contributed by atoms with van der Waals surface area (Å²) in [6.07, 6.45) is 2.98. The molecule has 0 amide bonds. The second-order valence-corrected chi connectivity index (χ2v) is 4.54. The number of thioether (sulfide) groups is 1. The van der Waals surface area contributed by atoms with Crippen LogP contribution >= 0.6 is 11.8 Å². The summed E-state index contributed by atoms with van der Waals surface area (Å²) in [5.41, 5.74) is 5.75. The molecule has 0 aliphatic carbocycles. The van der Waals surface area contributed by atoms with Crippen molar-refractivity contribution in [3.63, 3.8) is 0 Å². The highest BCUT2D eigenvalue weighted by Crippen LogP contribution is 2.22. The molecule has 2 N–H and O–H groups in total. The van der Waals surface area contributed by atoms with Gasteiger partial charge in [0.2, 0.25) is 0 Å². The van der Waals surface area contributed by atoms with Gasteiger partial charge in [0.15, 0.2) is 5.16 Å². The topological polar surface area (TPSA) is 64.3 Å². The van der Waals surface area contributed by atoms with E-state index < -0.39 is 0 Å². The molecule has 1 aromatic rings. The first-order chi connectivity index (χ1) is 7.70.